The van der Waals surface area contributed by atoms with Gasteiger partial charge in [-0.15, -0.1) is 22.9 Å². The van der Waals surface area contributed by atoms with E-state index in [1.165, 1.54) is 24.8 Å². The van der Waals surface area contributed by atoms with Gasteiger partial charge in [-0.05, 0) is 63.5 Å². The predicted octanol–water partition coefficient (Wildman–Crippen LogP) is 4.55. The zero-order valence-electron chi connectivity index (χ0n) is 7.10. The number of aryl methyl sites for hydroxylation is 1. The smallest absolute Gasteiger partial charge is 0.0487 e. The molecule has 0 amide bonds. The number of rotatable bonds is 1. The van der Waals surface area contributed by atoms with Crippen molar-refractivity contribution in [3.05, 3.63) is 32.2 Å². The maximum Gasteiger partial charge on any atom is 0.0487 e. The van der Waals surface area contributed by atoms with E-state index in [2.05, 4.69) is 47.0 Å². The third-order valence-corrected chi connectivity index (χ3v) is 4.33. The topological polar surface area (TPSA) is 0 Å². The molecule has 0 saturated carbocycles. The van der Waals surface area contributed by atoms with E-state index in [4.69, 9.17) is 11.6 Å². The van der Waals surface area contributed by atoms with Crippen molar-refractivity contribution in [1.82, 2.24) is 0 Å². The summed E-state index contributed by atoms with van der Waals surface area (Å²) in [5.41, 5.74) is 2.60. The van der Waals surface area contributed by atoms with Crippen molar-refractivity contribution in [2.24, 2.45) is 0 Å². The minimum atomic E-state index is 0.607. The van der Waals surface area contributed by atoms with Crippen molar-refractivity contribution in [3.8, 4) is 0 Å². The second-order valence-electron chi connectivity index (χ2n) is 2.93. The summed E-state index contributed by atoms with van der Waals surface area (Å²) in [6.45, 7) is 2.15. The van der Waals surface area contributed by atoms with E-state index in [0.29, 0.717) is 5.88 Å². The lowest BCUT2D eigenvalue weighted by molar-refractivity contribution is 1.31. The molecule has 0 nitrogen and oxygen atoms in total. The number of fused-ring (bicyclic) bond motifs is 1. The van der Waals surface area contributed by atoms with Crippen LogP contribution in [0.1, 0.15) is 11.1 Å². The largest absolute Gasteiger partial charge is 0.144 e. The van der Waals surface area contributed by atoms with Gasteiger partial charge in [-0.2, -0.15) is 0 Å². The lowest BCUT2D eigenvalue weighted by Crippen LogP contribution is -1.89. The lowest BCUT2D eigenvalue weighted by Gasteiger charge is -2.06. The van der Waals surface area contributed by atoms with Gasteiger partial charge in [0.05, 0.1) is 0 Å². The molecule has 0 aliphatic rings. The van der Waals surface area contributed by atoms with Gasteiger partial charge in [0, 0.05) is 14.2 Å². The average molecular weight is 323 g/mol. The fourth-order valence-corrected chi connectivity index (χ4v) is 4.02. The molecule has 2 rings (SSSR count). The Balaban J connectivity index is 2.85. The van der Waals surface area contributed by atoms with E-state index in [1.807, 2.05) is 0 Å². The zero-order chi connectivity index (χ0) is 9.42. The normalized spacial score (nSPS) is 11.0. The number of halogens is 2. The van der Waals surface area contributed by atoms with Crippen molar-refractivity contribution >= 4 is 55.6 Å². The number of alkyl halides is 1. The maximum atomic E-state index is 5.90. The van der Waals surface area contributed by atoms with Gasteiger partial charge < -0.3 is 0 Å². The van der Waals surface area contributed by atoms with E-state index in [0.717, 1.165) is 0 Å². The summed E-state index contributed by atoms with van der Waals surface area (Å²) in [5.74, 6) is 0.607. The Bertz CT molecular complexity index is 447. The fourth-order valence-electron chi connectivity index (χ4n) is 1.45. The van der Waals surface area contributed by atoms with Crippen molar-refractivity contribution in [1.29, 1.82) is 0 Å². The highest BCUT2D eigenvalue weighted by Gasteiger charge is 2.07. The van der Waals surface area contributed by atoms with Crippen LogP contribution in [0.4, 0.5) is 0 Å². The Morgan fingerprint density at radius 2 is 2.31 bits per heavy atom. The van der Waals surface area contributed by atoms with Crippen molar-refractivity contribution < 1.29 is 0 Å². The highest BCUT2D eigenvalue weighted by molar-refractivity contribution is 14.1. The third kappa shape index (κ3) is 1.60. The summed E-state index contributed by atoms with van der Waals surface area (Å²) >= 11 is 10.0. The SMILES string of the molecule is Cc1c(CCl)c(I)cc2sccc12. The molecule has 0 saturated heterocycles. The fraction of sp³-hybridized carbons (Fsp3) is 0.200. The number of benzene rings is 1. The Labute approximate surface area is 100 Å². The molecule has 3 heteroatoms. The summed E-state index contributed by atoms with van der Waals surface area (Å²) in [4.78, 5) is 0. The first-order valence-electron chi connectivity index (χ1n) is 3.95. The number of hydrogen-bond donors (Lipinski definition) is 0. The summed E-state index contributed by atoms with van der Waals surface area (Å²) in [6, 6.07) is 4.38. The van der Waals surface area contributed by atoms with Crippen LogP contribution in [0.3, 0.4) is 0 Å². The minimum Gasteiger partial charge on any atom is -0.144 e. The molecule has 0 unspecified atom stereocenters. The van der Waals surface area contributed by atoms with Gasteiger partial charge in [-0.1, -0.05) is 0 Å². The number of thiophene rings is 1. The van der Waals surface area contributed by atoms with Gasteiger partial charge in [-0.3, -0.25) is 0 Å². The average Bonchev–Trinajstić information content (AvgIpc) is 2.53. The van der Waals surface area contributed by atoms with Crippen LogP contribution in [0.5, 0.6) is 0 Å². The first-order valence-corrected chi connectivity index (χ1v) is 6.44. The Kier molecular flexibility index (Phi) is 2.81. The van der Waals surface area contributed by atoms with Crippen molar-refractivity contribution in [3.63, 3.8) is 0 Å². The maximum absolute atomic E-state index is 5.90. The molecule has 0 N–H and O–H groups in total. The van der Waals surface area contributed by atoms with E-state index in [1.54, 1.807) is 11.3 Å². The monoisotopic (exact) mass is 322 g/mol. The first-order chi connectivity index (χ1) is 6.24. The van der Waals surface area contributed by atoms with Gasteiger partial charge in [0.25, 0.3) is 0 Å². The van der Waals surface area contributed by atoms with Gasteiger partial charge in [0.1, 0.15) is 0 Å². The second kappa shape index (κ2) is 3.75. The molecule has 0 radical (unpaired) electrons. The van der Waals surface area contributed by atoms with Crippen LogP contribution in [0.25, 0.3) is 10.1 Å². The van der Waals surface area contributed by atoms with Crippen molar-refractivity contribution in [2.75, 3.05) is 0 Å². The number of hydrogen-bond acceptors (Lipinski definition) is 1. The second-order valence-corrected chi connectivity index (χ2v) is 5.31. The molecule has 1 aromatic carbocycles. The van der Waals surface area contributed by atoms with Crippen LogP contribution in [0.15, 0.2) is 17.5 Å². The first kappa shape index (κ1) is 9.74. The Morgan fingerprint density at radius 3 is 3.00 bits per heavy atom. The van der Waals surface area contributed by atoms with E-state index < -0.39 is 0 Å². The highest BCUT2D eigenvalue weighted by atomic mass is 127. The molecule has 0 atom stereocenters. The summed E-state index contributed by atoms with van der Waals surface area (Å²) in [7, 11) is 0. The molecule has 13 heavy (non-hydrogen) atoms. The van der Waals surface area contributed by atoms with Crippen LogP contribution < -0.4 is 0 Å². The third-order valence-electron chi connectivity index (χ3n) is 2.23. The molecule has 68 valence electrons. The van der Waals surface area contributed by atoms with Gasteiger partial charge in [-0.25, -0.2) is 0 Å². The highest BCUT2D eigenvalue weighted by Crippen LogP contribution is 2.30. The molecule has 0 bridgehead atoms. The van der Waals surface area contributed by atoms with Crippen LogP contribution >= 0.6 is 45.5 Å². The van der Waals surface area contributed by atoms with Gasteiger partial charge in [0.15, 0.2) is 0 Å². The molecular weight excluding hydrogens is 315 g/mol. The van der Waals surface area contributed by atoms with Gasteiger partial charge >= 0.3 is 0 Å². The predicted molar refractivity (Wildman–Crippen MR) is 68.8 cm³/mol. The zero-order valence-corrected chi connectivity index (χ0v) is 10.8. The molecule has 0 spiro atoms. The van der Waals surface area contributed by atoms with E-state index >= 15 is 0 Å². The van der Waals surface area contributed by atoms with Crippen molar-refractivity contribution in [2.45, 2.75) is 12.8 Å². The van der Waals surface area contributed by atoms with Gasteiger partial charge in [0.2, 0.25) is 0 Å². The van der Waals surface area contributed by atoms with Crippen LogP contribution in [-0.4, -0.2) is 0 Å². The molecule has 0 aliphatic carbocycles. The molecule has 1 aromatic heterocycles. The quantitative estimate of drug-likeness (QED) is 0.533. The summed E-state index contributed by atoms with van der Waals surface area (Å²) in [5, 5.41) is 3.48. The van der Waals surface area contributed by atoms with E-state index in [-0.39, 0.29) is 0 Å². The minimum absolute atomic E-state index is 0.607. The Morgan fingerprint density at radius 1 is 1.54 bits per heavy atom. The van der Waals surface area contributed by atoms with E-state index in [9.17, 15) is 0 Å². The van der Waals surface area contributed by atoms with Crippen LogP contribution in [0, 0.1) is 10.5 Å². The lowest BCUT2D eigenvalue weighted by atomic mass is 10.1. The molecule has 1 heterocycles. The summed E-state index contributed by atoms with van der Waals surface area (Å²) < 4.78 is 2.64. The molecule has 0 fully saturated rings. The standard InChI is InChI=1S/C10H8ClIS/c1-6-7-2-3-13-10(7)4-9(12)8(6)5-11/h2-4H,5H2,1H3. The molecular formula is C10H8ClIS. The van der Waals surface area contributed by atoms with Crippen LogP contribution in [-0.2, 0) is 5.88 Å². The molecule has 2 aromatic rings. The Hall–Kier alpha value is 0.200. The molecule has 0 aliphatic heterocycles. The van der Waals surface area contributed by atoms with Crippen LogP contribution in [0.2, 0.25) is 0 Å². The summed E-state index contributed by atoms with van der Waals surface area (Å²) in [6.07, 6.45) is 0.